The molecule has 3 aromatic rings. The average Bonchev–Trinajstić information content (AvgIpc) is 3.10. The third kappa shape index (κ3) is 6.50. The molecule has 0 aliphatic carbocycles. The van der Waals surface area contributed by atoms with E-state index >= 15 is 0 Å². The minimum atomic E-state index is -0.389. The minimum Gasteiger partial charge on any atom is -0.488 e. The number of halogens is 1. The summed E-state index contributed by atoms with van der Waals surface area (Å²) in [6, 6.07) is 21.2. The highest BCUT2D eigenvalue weighted by atomic mass is 79.9. The lowest BCUT2D eigenvalue weighted by Gasteiger charge is -2.19. The molecule has 4 rings (SSSR count). The van der Waals surface area contributed by atoms with Crippen LogP contribution < -0.4 is 10.2 Å². The first kappa shape index (κ1) is 27.1. The number of benzene rings is 3. The molecule has 37 heavy (non-hydrogen) atoms. The van der Waals surface area contributed by atoms with Crippen molar-refractivity contribution in [3.63, 3.8) is 0 Å². The van der Waals surface area contributed by atoms with Gasteiger partial charge < -0.3 is 4.74 Å². The molecular formula is C29H27BrN2O3S2. The minimum absolute atomic E-state index is 0.0871. The molecule has 0 radical (unpaired) electrons. The summed E-state index contributed by atoms with van der Waals surface area (Å²) in [6.07, 6.45) is 1.74. The molecule has 1 N–H and O–H groups in total. The Labute approximate surface area is 235 Å². The van der Waals surface area contributed by atoms with Gasteiger partial charge in [0.25, 0.3) is 11.8 Å². The van der Waals surface area contributed by atoms with Crippen LogP contribution in [-0.2, 0) is 16.8 Å². The highest BCUT2D eigenvalue weighted by Crippen LogP contribution is 2.35. The molecule has 0 spiro atoms. The summed E-state index contributed by atoms with van der Waals surface area (Å²) < 4.78 is 7.25. The van der Waals surface area contributed by atoms with Crippen molar-refractivity contribution < 1.29 is 14.3 Å². The lowest BCUT2D eigenvalue weighted by Crippen LogP contribution is -2.45. The van der Waals surface area contributed by atoms with E-state index in [0.717, 1.165) is 37.9 Å². The molecule has 5 nitrogen and oxygen atoms in total. The normalized spacial score (nSPS) is 14.8. The van der Waals surface area contributed by atoms with Crippen LogP contribution in [0, 0.1) is 6.92 Å². The zero-order chi connectivity index (χ0) is 26.7. The summed E-state index contributed by atoms with van der Waals surface area (Å²) in [7, 11) is 0. The van der Waals surface area contributed by atoms with Crippen LogP contribution in [0.3, 0.4) is 0 Å². The highest BCUT2D eigenvalue weighted by molar-refractivity contribution is 9.10. The smallest absolute Gasteiger partial charge is 0.285 e. The van der Waals surface area contributed by atoms with E-state index in [4.69, 9.17) is 17.0 Å². The summed E-state index contributed by atoms with van der Waals surface area (Å²) in [5.74, 6) is -0.141. The van der Waals surface area contributed by atoms with Gasteiger partial charge in [0.15, 0.2) is 4.32 Å². The lowest BCUT2D eigenvalue weighted by atomic mass is 9.87. The van der Waals surface area contributed by atoms with Crippen molar-refractivity contribution in [1.29, 1.82) is 0 Å². The third-order valence-electron chi connectivity index (χ3n) is 5.87. The first-order valence-corrected chi connectivity index (χ1v) is 13.7. The standard InChI is InChI=1S/C29H27BrN2O3S2/c1-18-7-5-6-8-23(18)26(33)31-32-27(34)25(37-28(32)36)16-20-15-22(30)13-14-24(20)35-17-19-9-11-21(12-10-19)29(2,3)4/h5-16H,17H2,1-4H3,(H,31,33)/b25-16+. The Balaban J connectivity index is 1.51. The molecule has 3 aromatic carbocycles. The van der Waals surface area contributed by atoms with Gasteiger partial charge in [0.05, 0.1) is 4.91 Å². The fraction of sp³-hybridized carbons (Fsp3) is 0.207. The predicted molar refractivity (Wildman–Crippen MR) is 157 cm³/mol. The largest absolute Gasteiger partial charge is 0.488 e. The van der Waals surface area contributed by atoms with Crippen molar-refractivity contribution in [2.24, 2.45) is 0 Å². The Bertz CT molecular complexity index is 1400. The quantitative estimate of drug-likeness (QED) is 0.242. The number of thiocarbonyl (C=S) groups is 1. The molecule has 2 amide bonds. The summed E-state index contributed by atoms with van der Waals surface area (Å²) in [4.78, 5) is 26.3. The van der Waals surface area contributed by atoms with Gasteiger partial charge in [-0.05, 0) is 71.6 Å². The number of carbonyl (C=O) groups excluding carboxylic acids is 2. The second-order valence-corrected chi connectivity index (χ2v) is 12.3. The van der Waals surface area contributed by atoms with Crippen LogP contribution in [0.1, 0.15) is 53.4 Å². The molecule has 0 atom stereocenters. The number of carbonyl (C=O) groups is 2. The Hall–Kier alpha value is -2.94. The Morgan fingerprint density at radius 2 is 1.81 bits per heavy atom. The Morgan fingerprint density at radius 3 is 2.49 bits per heavy atom. The van der Waals surface area contributed by atoms with Crippen molar-refractivity contribution in [1.82, 2.24) is 10.4 Å². The van der Waals surface area contributed by atoms with E-state index < -0.39 is 0 Å². The lowest BCUT2D eigenvalue weighted by molar-refractivity contribution is -0.123. The molecule has 1 fully saturated rings. The molecule has 1 aliphatic rings. The third-order valence-corrected chi connectivity index (χ3v) is 7.66. The molecule has 1 heterocycles. The van der Waals surface area contributed by atoms with Crippen molar-refractivity contribution >= 4 is 62.1 Å². The number of amides is 2. The van der Waals surface area contributed by atoms with Crippen LogP contribution >= 0.6 is 39.9 Å². The van der Waals surface area contributed by atoms with Crippen LogP contribution in [0.2, 0.25) is 0 Å². The van der Waals surface area contributed by atoms with Gasteiger partial charge >= 0.3 is 0 Å². The first-order valence-electron chi connectivity index (χ1n) is 11.7. The van der Waals surface area contributed by atoms with E-state index in [-0.39, 0.29) is 21.5 Å². The van der Waals surface area contributed by atoms with Crippen molar-refractivity contribution in [2.75, 3.05) is 0 Å². The van der Waals surface area contributed by atoms with Gasteiger partial charge in [-0.1, -0.05) is 90.9 Å². The number of thioether (sulfide) groups is 1. The number of nitrogens with one attached hydrogen (secondary N) is 1. The highest BCUT2D eigenvalue weighted by Gasteiger charge is 2.34. The number of aryl methyl sites for hydroxylation is 1. The van der Waals surface area contributed by atoms with E-state index in [2.05, 4.69) is 66.4 Å². The SMILES string of the molecule is Cc1ccccc1C(=O)NN1C(=O)/C(=C\c2cc(Br)ccc2OCc2ccc(C(C)(C)C)cc2)SC1=S. The first-order chi connectivity index (χ1) is 17.5. The van der Waals surface area contributed by atoms with E-state index in [1.165, 1.54) is 5.56 Å². The zero-order valence-electron chi connectivity index (χ0n) is 21.0. The Morgan fingerprint density at radius 1 is 1.11 bits per heavy atom. The van der Waals surface area contributed by atoms with Gasteiger partial charge in [-0.2, -0.15) is 5.01 Å². The summed E-state index contributed by atoms with van der Waals surface area (Å²) in [6.45, 7) is 8.78. The van der Waals surface area contributed by atoms with E-state index in [1.807, 2.05) is 37.3 Å². The van der Waals surface area contributed by atoms with Gasteiger partial charge in [-0.25, -0.2) is 0 Å². The second kappa shape index (κ2) is 11.2. The van der Waals surface area contributed by atoms with Crippen molar-refractivity contribution in [3.8, 4) is 5.75 Å². The Kier molecular flexibility index (Phi) is 8.21. The maximum absolute atomic E-state index is 13.1. The summed E-state index contributed by atoms with van der Waals surface area (Å²) in [5.41, 5.74) is 7.06. The van der Waals surface area contributed by atoms with Gasteiger partial charge in [-0.3, -0.25) is 15.0 Å². The predicted octanol–water partition coefficient (Wildman–Crippen LogP) is 7.18. The maximum atomic E-state index is 13.1. The molecule has 0 unspecified atom stereocenters. The number of hydrogen-bond acceptors (Lipinski definition) is 5. The average molecular weight is 596 g/mol. The number of nitrogens with zero attached hydrogens (tertiary/aromatic N) is 1. The number of rotatable bonds is 6. The molecule has 0 saturated carbocycles. The van der Waals surface area contributed by atoms with Gasteiger partial charge in [-0.15, -0.1) is 0 Å². The van der Waals surface area contributed by atoms with E-state index in [9.17, 15) is 9.59 Å². The number of ether oxygens (including phenoxy) is 1. The molecule has 1 aliphatic heterocycles. The van der Waals surface area contributed by atoms with Gasteiger partial charge in [0.2, 0.25) is 0 Å². The number of hydrogen-bond donors (Lipinski definition) is 1. The monoisotopic (exact) mass is 594 g/mol. The molecule has 190 valence electrons. The summed E-state index contributed by atoms with van der Waals surface area (Å²) in [5, 5.41) is 1.12. The van der Waals surface area contributed by atoms with E-state index in [0.29, 0.717) is 22.8 Å². The molecule has 8 heteroatoms. The molecule has 1 saturated heterocycles. The van der Waals surface area contributed by atoms with Crippen molar-refractivity contribution in [3.05, 3.63) is 104 Å². The molecule has 0 aromatic heterocycles. The maximum Gasteiger partial charge on any atom is 0.285 e. The van der Waals surface area contributed by atoms with Crippen molar-refractivity contribution in [2.45, 2.75) is 39.7 Å². The zero-order valence-corrected chi connectivity index (χ0v) is 24.2. The fourth-order valence-corrected chi connectivity index (χ4v) is 5.27. The molecular weight excluding hydrogens is 568 g/mol. The topological polar surface area (TPSA) is 58.6 Å². The van der Waals surface area contributed by atoms with Crippen LogP contribution in [0.5, 0.6) is 5.75 Å². The summed E-state index contributed by atoms with van der Waals surface area (Å²) >= 11 is 10.0. The van der Waals surface area contributed by atoms with Crippen LogP contribution in [-0.4, -0.2) is 21.1 Å². The van der Waals surface area contributed by atoms with Crippen LogP contribution in [0.4, 0.5) is 0 Å². The second-order valence-electron chi connectivity index (χ2n) is 9.69. The van der Waals surface area contributed by atoms with Gasteiger partial charge in [0.1, 0.15) is 12.4 Å². The van der Waals surface area contributed by atoms with Crippen LogP contribution in [0.25, 0.3) is 6.08 Å². The van der Waals surface area contributed by atoms with Gasteiger partial charge in [0, 0.05) is 15.6 Å². The number of hydrazine groups is 1. The fourth-order valence-electron chi connectivity index (χ4n) is 3.72. The molecule has 0 bridgehead atoms. The van der Waals surface area contributed by atoms with Crippen LogP contribution in [0.15, 0.2) is 76.1 Å². The van der Waals surface area contributed by atoms with E-state index in [1.54, 1.807) is 18.2 Å².